The zero-order valence-electron chi connectivity index (χ0n) is 15.6. The number of hydrogen-bond donors (Lipinski definition) is 2. The van der Waals surface area contributed by atoms with Crippen LogP contribution in [0.5, 0.6) is 5.75 Å². The second-order valence-corrected chi connectivity index (χ2v) is 6.45. The maximum Gasteiger partial charge on any atom is 0.213 e. The Morgan fingerprint density at radius 3 is 2.70 bits per heavy atom. The lowest BCUT2D eigenvalue weighted by molar-refractivity contribution is -0.108. The first-order chi connectivity index (χ1) is 13.0. The van der Waals surface area contributed by atoms with Gasteiger partial charge in [0.15, 0.2) is 5.96 Å². The van der Waals surface area contributed by atoms with Crippen molar-refractivity contribution in [3.63, 3.8) is 0 Å². The fourth-order valence-electron chi connectivity index (χ4n) is 2.85. The minimum atomic E-state index is 0.0171. The van der Waals surface area contributed by atoms with Crippen LogP contribution in [0.1, 0.15) is 19.4 Å². The third kappa shape index (κ3) is 4.23. The molecular weight excluding hydrogens is 340 g/mol. The van der Waals surface area contributed by atoms with E-state index in [2.05, 4.69) is 10.3 Å². The van der Waals surface area contributed by atoms with Gasteiger partial charge < -0.3 is 10.5 Å². The van der Waals surface area contributed by atoms with Crippen LogP contribution in [0.25, 0.3) is 22.2 Å². The van der Waals surface area contributed by atoms with Crippen molar-refractivity contribution >= 4 is 29.0 Å². The van der Waals surface area contributed by atoms with Gasteiger partial charge in [0, 0.05) is 10.9 Å². The van der Waals surface area contributed by atoms with Crippen LogP contribution in [0.4, 0.5) is 5.69 Å². The Morgan fingerprint density at radius 2 is 2.00 bits per heavy atom. The molecule has 1 aromatic heterocycles. The van der Waals surface area contributed by atoms with E-state index in [0.717, 1.165) is 33.5 Å². The third-order valence-corrected chi connectivity index (χ3v) is 4.00. The Balaban J connectivity index is 2.22. The van der Waals surface area contributed by atoms with Gasteiger partial charge in [-0.25, -0.2) is 9.98 Å². The van der Waals surface area contributed by atoms with Crippen molar-refractivity contribution in [3.05, 3.63) is 54.1 Å². The zero-order valence-corrected chi connectivity index (χ0v) is 15.6. The van der Waals surface area contributed by atoms with Crippen LogP contribution >= 0.6 is 0 Å². The molecule has 0 unspecified atom stereocenters. The minimum absolute atomic E-state index is 0.0171. The number of nitrogens with two attached hydrogens (primary N) is 1. The molecule has 3 N–H and O–H groups in total. The number of nitrogens with zero attached hydrogens (tertiary/aromatic N) is 2. The molecule has 3 aromatic rings. The van der Waals surface area contributed by atoms with E-state index in [4.69, 9.17) is 15.5 Å². The fraction of sp³-hybridized carbons (Fsp3) is 0.190. The highest BCUT2D eigenvalue weighted by molar-refractivity contribution is 5.97. The number of nitrogens with one attached hydrogen (secondary N) is 1. The summed E-state index contributed by atoms with van der Waals surface area (Å²) in [5.74, 6) is 0.740. The first-order valence-electron chi connectivity index (χ1n) is 8.69. The topological polar surface area (TPSA) is 89.6 Å². The summed E-state index contributed by atoms with van der Waals surface area (Å²) in [5, 5.41) is 3.16. The number of pyridine rings is 1. The van der Waals surface area contributed by atoms with Gasteiger partial charge in [-0.05, 0) is 50.6 Å². The van der Waals surface area contributed by atoms with E-state index in [0.29, 0.717) is 12.1 Å². The highest BCUT2D eigenvalue weighted by Gasteiger charge is 2.11. The van der Waals surface area contributed by atoms with Gasteiger partial charge in [-0.3, -0.25) is 10.1 Å². The van der Waals surface area contributed by atoms with Gasteiger partial charge in [0.2, 0.25) is 6.41 Å². The molecule has 0 bridgehead atoms. The van der Waals surface area contributed by atoms with Crippen molar-refractivity contribution in [2.24, 2.45) is 10.7 Å². The molecule has 0 aliphatic carbocycles. The number of hydrogen-bond acceptors (Lipinski definition) is 4. The molecule has 0 radical (unpaired) electrons. The highest BCUT2D eigenvalue weighted by atomic mass is 16.5. The Labute approximate surface area is 158 Å². The third-order valence-electron chi connectivity index (χ3n) is 4.00. The first kappa shape index (κ1) is 18.4. The summed E-state index contributed by atoms with van der Waals surface area (Å²) in [5.41, 5.74) is 10.1. The SMILES string of the molecule is Cc1ccccc1-c1cc(N=C(N)NC=O)c2cc(OC(C)C)ccc2n1. The zero-order chi connectivity index (χ0) is 19.4. The molecule has 138 valence electrons. The number of aromatic nitrogens is 1. The van der Waals surface area contributed by atoms with Crippen molar-refractivity contribution in [1.82, 2.24) is 10.3 Å². The Hall–Kier alpha value is -3.41. The lowest BCUT2D eigenvalue weighted by Gasteiger charge is -2.13. The largest absolute Gasteiger partial charge is 0.491 e. The number of rotatable bonds is 5. The molecule has 0 fully saturated rings. The molecule has 0 saturated carbocycles. The molecule has 1 heterocycles. The summed E-state index contributed by atoms with van der Waals surface area (Å²) >= 11 is 0. The van der Waals surface area contributed by atoms with Crippen molar-refractivity contribution in [2.45, 2.75) is 26.9 Å². The molecule has 6 heteroatoms. The van der Waals surface area contributed by atoms with Crippen LogP contribution < -0.4 is 15.8 Å². The molecule has 1 amide bonds. The van der Waals surface area contributed by atoms with Crippen LogP contribution in [0, 0.1) is 6.92 Å². The average molecular weight is 362 g/mol. The van der Waals surface area contributed by atoms with Crippen molar-refractivity contribution in [3.8, 4) is 17.0 Å². The normalized spacial score (nSPS) is 11.6. The quantitative estimate of drug-likeness (QED) is 0.411. The van der Waals surface area contributed by atoms with Gasteiger partial charge in [-0.1, -0.05) is 24.3 Å². The van der Waals surface area contributed by atoms with Gasteiger partial charge in [0.1, 0.15) is 5.75 Å². The van der Waals surface area contributed by atoms with Gasteiger partial charge >= 0.3 is 0 Å². The van der Waals surface area contributed by atoms with Crippen molar-refractivity contribution in [2.75, 3.05) is 0 Å². The van der Waals surface area contributed by atoms with Gasteiger partial charge in [0.05, 0.1) is 23.0 Å². The van der Waals surface area contributed by atoms with E-state index in [1.165, 1.54) is 0 Å². The van der Waals surface area contributed by atoms with Gasteiger partial charge in [-0.2, -0.15) is 0 Å². The van der Waals surface area contributed by atoms with Crippen LogP contribution in [-0.2, 0) is 4.79 Å². The molecule has 27 heavy (non-hydrogen) atoms. The van der Waals surface area contributed by atoms with E-state index in [1.54, 1.807) is 0 Å². The Kier molecular flexibility index (Phi) is 5.35. The van der Waals surface area contributed by atoms with Crippen LogP contribution in [0.2, 0.25) is 0 Å². The summed E-state index contributed by atoms with van der Waals surface area (Å²) in [6.45, 7) is 5.97. The lowest BCUT2D eigenvalue weighted by Crippen LogP contribution is -2.29. The van der Waals surface area contributed by atoms with Crippen molar-refractivity contribution in [1.29, 1.82) is 0 Å². The predicted octanol–water partition coefficient (Wildman–Crippen LogP) is 3.69. The van der Waals surface area contributed by atoms with E-state index in [9.17, 15) is 4.79 Å². The molecule has 2 aromatic carbocycles. The van der Waals surface area contributed by atoms with E-state index < -0.39 is 0 Å². The van der Waals surface area contributed by atoms with Gasteiger partial charge in [-0.15, -0.1) is 0 Å². The number of carbonyl (C=O) groups excluding carboxylic acids is 1. The van der Waals surface area contributed by atoms with E-state index in [-0.39, 0.29) is 12.1 Å². The van der Waals surface area contributed by atoms with Crippen LogP contribution in [-0.4, -0.2) is 23.5 Å². The number of aliphatic imine (C=N–C) groups is 1. The maximum absolute atomic E-state index is 10.7. The number of carbonyl (C=O) groups is 1. The van der Waals surface area contributed by atoms with Crippen LogP contribution in [0.15, 0.2) is 53.5 Å². The molecule has 3 rings (SSSR count). The second kappa shape index (κ2) is 7.86. The Bertz CT molecular complexity index is 1010. The van der Waals surface area contributed by atoms with E-state index in [1.807, 2.05) is 69.3 Å². The number of ether oxygens (including phenoxy) is 1. The minimum Gasteiger partial charge on any atom is -0.491 e. The number of amides is 1. The summed E-state index contributed by atoms with van der Waals surface area (Å²) in [4.78, 5) is 19.8. The van der Waals surface area contributed by atoms with Crippen LogP contribution in [0.3, 0.4) is 0 Å². The summed E-state index contributed by atoms with van der Waals surface area (Å²) < 4.78 is 5.78. The molecular formula is C21H22N4O2. The van der Waals surface area contributed by atoms with Crippen molar-refractivity contribution < 1.29 is 9.53 Å². The first-order valence-corrected chi connectivity index (χ1v) is 8.69. The number of aryl methyl sites for hydroxylation is 1. The maximum atomic E-state index is 10.7. The number of fused-ring (bicyclic) bond motifs is 1. The lowest BCUT2D eigenvalue weighted by atomic mass is 10.0. The molecule has 0 saturated heterocycles. The molecule has 0 spiro atoms. The number of guanidine groups is 1. The smallest absolute Gasteiger partial charge is 0.213 e. The molecule has 0 atom stereocenters. The second-order valence-electron chi connectivity index (χ2n) is 6.45. The highest BCUT2D eigenvalue weighted by Crippen LogP contribution is 2.33. The molecule has 0 aliphatic heterocycles. The predicted molar refractivity (Wildman–Crippen MR) is 108 cm³/mol. The fourth-order valence-corrected chi connectivity index (χ4v) is 2.85. The number of benzene rings is 2. The average Bonchev–Trinajstić information content (AvgIpc) is 2.62. The summed E-state index contributed by atoms with van der Waals surface area (Å²) in [6, 6.07) is 15.5. The summed E-state index contributed by atoms with van der Waals surface area (Å²) in [7, 11) is 0. The standard InChI is InChI=1S/C21H22N4O2/c1-13(2)27-15-8-9-18-17(10-15)20(25-21(22)23-12-26)11-19(24-18)16-7-5-4-6-14(16)3/h4-13H,1-3H3,(H3,22,23,24,25,26). The van der Waals surface area contributed by atoms with E-state index >= 15 is 0 Å². The molecule has 6 nitrogen and oxygen atoms in total. The summed E-state index contributed by atoms with van der Waals surface area (Å²) in [6.07, 6.45) is 0.549. The van der Waals surface area contributed by atoms with Gasteiger partial charge in [0.25, 0.3) is 0 Å². The Morgan fingerprint density at radius 1 is 1.22 bits per heavy atom. The monoisotopic (exact) mass is 362 g/mol. The molecule has 0 aliphatic rings.